The number of aromatic nitrogens is 1. The average molecular weight is 345 g/mol. The lowest BCUT2D eigenvalue weighted by Crippen LogP contribution is -2.31. The Labute approximate surface area is 152 Å². The molecule has 0 radical (unpaired) electrons. The van der Waals surface area contributed by atoms with Crippen LogP contribution < -0.4 is 10.6 Å². The average Bonchev–Trinajstić information content (AvgIpc) is 2.69. The van der Waals surface area contributed by atoms with Crippen molar-refractivity contribution in [3.05, 3.63) is 96.3 Å². The van der Waals surface area contributed by atoms with Gasteiger partial charge in [0.1, 0.15) is 0 Å². The normalized spacial score (nSPS) is 11.4. The first-order valence-electron chi connectivity index (χ1n) is 8.33. The summed E-state index contributed by atoms with van der Waals surface area (Å²) in [7, 11) is 0. The Morgan fingerprint density at radius 3 is 2.23 bits per heavy atom. The summed E-state index contributed by atoms with van der Waals surface area (Å²) in [6.07, 6.45) is 3.35. The van der Waals surface area contributed by atoms with E-state index in [2.05, 4.69) is 15.6 Å². The van der Waals surface area contributed by atoms with Crippen molar-refractivity contribution in [2.75, 3.05) is 5.32 Å². The van der Waals surface area contributed by atoms with E-state index in [0.29, 0.717) is 11.3 Å². The van der Waals surface area contributed by atoms with Crippen LogP contribution in [0.1, 0.15) is 28.4 Å². The van der Waals surface area contributed by atoms with Gasteiger partial charge in [0, 0.05) is 11.8 Å². The van der Waals surface area contributed by atoms with Gasteiger partial charge >= 0.3 is 0 Å². The minimum absolute atomic E-state index is 0.123. The van der Waals surface area contributed by atoms with Crippen molar-refractivity contribution < 1.29 is 9.59 Å². The van der Waals surface area contributed by atoms with Gasteiger partial charge in [0.15, 0.2) is 0 Å². The highest BCUT2D eigenvalue weighted by molar-refractivity contribution is 5.95. The maximum atomic E-state index is 12.5. The van der Waals surface area contributed by atoms with Gasteiger partial charge in [0.05, 0.1) is 24.3 Å². The summed E-state index contributed by atoms with van der Waals surface area (Å²) in [4.78, 5) is 28.9. The minimum Gasteiger partial charge on any atom is -0.345 e. The third kappa shape index (κ3) is 4.77. The highest BCUT2D eigenvalue weighted by Crippen LogP contribution is 2.18. The lowest BCUT2D eigenvalue weighted by Gasteiger charge is -2.19. The van der Waals surface area contributed by atoms with Gasteiger partial charge in [-0.2, -0.15) is 0 Å². The molecule has 130 valence electrons. The molecule has 0 saturated carbocycles. The summed E-state index contributed by atoms with van der Waals surface area (Å²) >= 11 is 0. The van der Waals surface area contributed by atoms with Crippen LogP contribution in [0.2, 0.25) is 0 Å². The van der Waals surface area contributed by atoms with E-state index >= 15 is 0 Å². The van der Waals surface area contributed by atoms with Crippen molar-refractivity contribution in [3.63, 3.8) is 0 Å². The molecule has 2 N–H and O–H groups in total. The predicted molar refractivity (Wildman–Crippen MR) is 101 cm³/mol. The van der Waals surface area contributed by atoms with E-state index in [0.717, 1.165) is 5.56 Å². The second kappa shape index (κ2) is 8.58. The second-order valence-corrected chi connectivity index (χ2v) is 5.80. The van der Waals surface area contributed by atoms with Gasteiger partial charge < -0.3 is 10.6 Å². The van der Waals surface area contributed by atoms with Crippen LogP contribution in [0.4, 0.5) is 5.69 Å². The number of anilines is 1. The van der Waals surface area contributed by atoms with E-state index in [-0.39, 0.29) is 18.2 Å². The molecule has 1 heterocycles. The minimum atomic E-state index is -0.430. The van der Waals surface area contributed by atoms with E-state index in [4.69, 9.17) is 0 Å². The highest BCUT2D eigenvalue weighted by atomic mass is 16.2. The number of carbonyl (C=O) groups is 2. The summed E-state index contributed by atoms with van der Waals surface area (Å²) in [5, 5.41) is 5.75. The third-order valence-electron chi connectivity index (χ3n) is 3.88. The fourth-order valence-corrected chi connectivity index (χ4v) is 2.60. The zero-order valence-corrected chi connectivity index (χ0v) is 14.1. The largest absolute Gasteiger partial charge is 0.345 e. The van der Waals surface area contributed by atoms with Crippen LogP contribution >= 0.6 is 0 Å². The van der Waals surface area contributed by atoms with Crippen LogP contribution in [-0.2, 0) is 4.79 Å². The summed E-state index contributed by atoms with van der Waals surface area (Å²) < 4.78 is 0. The molecule has 0 unspecified atom stereocenters. The molecular formula is C21H19N3O2. The molecule has 0 saturated heterocycles. The van der Waals surface area contributed by atoms with Gasteiger partial charge in [-0.25, -0.2) is 0 Å². The van der Waals surface area contributed by atoms with Gasteiger partial charge in [-0.1, -0.05) is 48.5 Å². The molecule has 0 fully saturated rings. The van der Waals surface area contributed by atoms with Crippen molar-refractivity contribution >= 4 is 17.5 Å². The van der Waals surface area contributed by atoms with Crippen molar-refractivity contribution in [1.82, 2.24) is 10.3 Å². The van der Waals surface area contributed by atoms with E-state index in [1.807, 2.05) is 48.5 Å². The van der Waals surface area contributed by atoms with Crippen LogP contribution in [0.3, 0.4) is 0 Å². The van der Waals surface area contributed by atoms with Crippen molar-refractivity contribution in [2.24, 2.45) is 0 Å². The maximum Gasteiger partial charge on any atom is 0.251 e. The molecule has 0 aliphatic carbocycles. The molecule has 0 aliphatic heterocycles. The van der Waals surface area contributed by atoms with Crippen LogP contribution in [-0.4, -0.2) is 16.8 Å². The first-order chi connectivity index (χ1) is 12.7. The zero-order chi connectivity index (χ0) is 18.2. The Hall–Kier alpha value is -3.47. The third-order valence-corrected chi connectivity index (χ3v) is 3.88. The van der Waals surface area contributed by atoms with E-state index in [1.165, 1.54) is 0 Å². The molecule has 26 heavy (non-hydrogen) atoms. The number of nitrogens with zero attached hydrogens (tertiary/aromatic N) is 1. The quantitative estimate of drug-likeness (QED) is 0.717. The summed E-state index contributed by atoms with van der Waals surface area (Å²) in [5.74, 6) is -0.408. The molecule has 0 aliphatic rings. The highest BCUT2D eigenvalue weighted by Gasteiger charge is 2.19. The summed E-state index contributed by atoms with van der Waals surface area (Å²) in [6.45, 7) is 0. The number of nitrogens with one attached hydrogen (secondary N) is 2. The van der Waals surface area contributed by atoms with Gasteiger partial charge in [0.25, 0.3) is 5.91 Å². The predicted octanol–water partition coefficient (Wildman–Crippen LogP) is 3.58. The standard InChI is InChI=1S/C21H19N3O2/c25-20(23-18-12-7-13-22-15-18)14-19(16-8-3-1-4-9-16)24-21(26)17-10-5-2-6-11-17/h1-13,15,19H,14H2,(H,23,25)(H,24,26)/t19-/m1/s1. The van der Waals surface area contributed by atoms with Crippen LogP contribution in [0.5, 0.6) is 0 Å². The van der Waals surface area contributed by atoms with Crippen LogP contribution in [0.15, 0.2) is 85.2 Å². The SMILES string of the molecule is O=C(C[C@@H](NC(=O)c1ccccc1)c1ccccc1)Nc1cccnc1. The monoisotopic (exact) mass is 345 g/mol. The Morgan fingerprint density at radius 2 is 1.58 bits per heavy atom. The van der Waals surface area contributed by atoms with Gasteiger partial charge in [-0.05, 0) is 29.8 Å². The van der Waals surface area contributed by atoms with Gasteiger partial charge in [-0.3, -0.25) is 14.6 Å². The van der Waals surface area contributed by atoms with E-state index in [9.17, 15) is 9.59 Å². The number of rotatable bonds is 6. The second-order valence-electron chi connectivity index (χ2n) is 5.80. The number of carbonyl (C=O) groups excluding carboxylic acids is 2. The Balaban J connectivity index is 1.73. The molecule has 5 nitrogen and oxygen atoms in total. The molecule has 5 heteroatoms. The molecule has 1 atom stereocenters. The topological polar surface area (TPSA) is 71.1 Å². The lowest BCUT2D eigenvalue weighted by atomic mass is 10.0. The number of benzene rings is 2. The first kappa shape index (κ1) is 17.4. The van der Waals surface area contributed by atoms with Crippen molar-refractivity contribution in [1.29, 1.82) is 0 Å². The van der Waals surface area contributed by atoms with E-state index in [1.54, 1.807) is 36.7 Å². The van der Waals surface area contributed by atoms with Crippen molar-refractivity contribution in [2.45, 2.75) is 12.5 Å². The smallest absolute Gasteiger partial charge is 0.251 e. The maximum absolute atomic E-state index is 12.5. The summed E-state index contributed by atoms with van der Waals surface area (Å²) in [5.41, 5.74) is 2.05. The van der Waals surface area contributed by atoms with Crippen LogP contribution in [0.25, 0.3) is 0 Å². The summed E-state index contributed by atoms with van der Waals surface area (Å²) in [6, 6.07) is 21.5. The van der Waals surface area contributed by atoms with E-state index < -0.39 is 6.04 Å². The molecule has 1 aromatic heterocycles. The van der Waals surface area contributed by atoms with Gasteiger partial charge in [-0.15, -0.1) is 0 Å². The molecule has 0 spiro atoms. The van der Waals surface area contributed by atoms with Crippen molar-refractivity contribution in [3.8, 4) is 0 Å². The fraction of sp³-hybridized carbons (Fsp3) is 0.0952. The van der Waals surface area contributed by atoms with Crippen LogP contribution in [0, 0.1) is 0 Å². The number of amides is 2. The molecule has 0 bridgehead atoms. The Morgan fingerprint density at radius 1 is 0.885 bits per heavy atom. The fourth-order valence-electron chi connectivity index (χ4n) is 2.60. The lowest BCUT2D eigenvalue weighted by molar-refractivity contribution is -0.116. The molecule has 2 aromatic carbocycles. The Bertz CT molecular complexity index is 852. The molecule has 2 amide bonds. The van der Waals surface area contributed by atoms with Gasteiger partial charge in [0.2, 0.25) is 5.91 Å². The number of hydrogen-bond acceptors (Lipinski definition) is 3. The molecule has 3 aromatic rings. The first-order valence-corrected chi connectivity index (χ1v) is 8.33. The number of hydrogen-bond donors (Lipinski definition) is 2. The molecular weight excluding hydrogens is 326 g/mol. The number of pyridine rings is 1. The zero-order valence-electron chi connectivity index (χ0n) is 14.1. The molecule has 3 rings (SSSR count). The Kier molecular flexibility index (Phi) is 5.72.